The van der Waals surface area contributed by atoms with Gasteiger partial charge in [0.15, 0.2) is 0 Å². The number of nitrogen functional groups attached to an aromatic ring is 1. The molecule has 2 rings (SSSR count). The molecule has 0 bridgehead atoms. The van der Waals surface area contributed by atoms with Crippen LogP contribution in [0.3, 0.4) is 0 Å². The van der Waals surface area contributed by atoms with Crippen LogP contribution in [0.25, 0.3) is 0 Å². The maximum absolute atomic E-state index is 6.07. The molecule has 98 valence electrons. The maximum atomic E-state index is 6.07. The van der Waals surface area contributed by atoms with Crippen molar-refractivity contribution in [3.63, 3.8) is 0 Å². The zero-order chi connectivity index (χ0) is 13.6. The Kier molecular flexibility index (Phi) is 3.20. The van der Waals surface area contributed by atoms with E-state index in [0.29, 0.717) is 0 Å². The van der Waals surface area contributed by atoms with E-state index in [1.165, 1.54) is 5.56 Å². The van der Waals surface area contributed by atoms with Crippen molar-refractivity contribution in [2.24, 2.45) is 0 Å². The minimum absolute atomic E-state index is 0.312. The Balaban J connectivity index is 2.37. The summed E-state index contributed by atoms with van der Waals surface area (Å²) < 4.78 is 12.1. The Morgan fingerprint density at radius 2 is 1.67 bits per heavy atom. The number of aryl methyl sites for hydroxylation is 1. The summed E-state index contributed by atoms with van der Waals surface area (Å²) in [6.45, 7) is 10.4. The Morgan fingerprint density at radius 1 is 1.11 bits per heavy atom. The first-order valence-corrected chi connectivity index (χ1v) is 6.51. The fourth-order valence-electron chi connectivity index (χ4n) is 2.12. The minimum Gasteiger partial charge on any atom is -0.399 e. The van der Waals surface area contributed by atoms with Gasteiger partial charge in [-0.05, 0) is 57.3 Å². The summed E-state index contributed by atoms with van der Waals surface area (Å²) in [5, 5.41) is 0. The van der Waals surface area contributed by atoms with Crippen LogP contribution in [0, 0.1) is 0 Å². The van der Waals surface area contributed by atoms with E-state index in [-0.39, 0.29) is 18.3 Å². The average molecular weight is 247 g/mol. The number of anilines is 1. The van der Waals surface area contributed by atoms with Gasteiger partial charge in [-0.25, -0.2) is 0 Å². The maximum Gasteiger partial charge on any atom is 0.495 e. The third kappa shape index (κ3) is 2.15. The lowest BCUT2D eigenvalue weighted by atomic mass is 9.75. The van der Waals surface area contributed by atoms with E-state index in [9.17, 15) is 0 Å². The molecule has 0 saturated carbocycles. The van der Waals surface area contributed by atoms with Crippen molar-refractivity contribution in [1.82, 2.24) is 0 Å². The molecule has 0 atom stereocenters. The van der Waals surface area contributed by atoms with Gasteiger partial charge in [0.2, 0.25) is 0 Å². The fraction of sp³-hybridized carbons (Fsp3) is 0.571. The normalized spacial score (nSPS) is 21.3. The molecule has 0 radical (unpaired) electrons. The minimum atomic E-state index is -0.326. The van der Waals surface area contributed by atoms with Crippen LogP contribution < -0.4 is 11.2 Å². The Morgan fingerprint density at radius 3 is 2.17 bits per heavy atom. The van der Waals surface area contributed by atoms with Crippen LogP contribution in [0.1, 0.15) is 40.2 Å². The summed E-state index contributed by atoms with van der Waals surface area (Å²) in [5.74, 6) is 0. The molecule has 1 aromatic rings. The van der Waals surface area contributed by atoms with Crippen molar-refractivity contribution < 1.29 is 9.31 Å². The highest BCUT2D eigenvalue weighted by Gasteiger charge is 2.52. The predicted octanol–water partition coefficient (Wildman–Crippen LogP) is 2.13. The van der Waals surface area contributed by atoms with E-state index < -0.39 is 0 Å². The van der Waals surface area contributed by atoms with E-state index in [4.69, 9.17) is 15.0 Å². The van der Waals surface area contributed by atoms with Gasteiger partial charge in [0.25, 0.3) is 0 Å². The first kappa shape index (κ1) is 13.4. The summed E-state index contributed by atoms with van der Waals surface area (Å²) in [7, 11) is -0.326. The Hall–Kier alpha value is -0.995. The molecule has 1 heterocycles. The molecule has 2 N–H and O–H groups in total. The largest absolute Gasteiger partial charge is 0.495 e. The Labute approximate surface area is 110 Å². The van der Waals surface area contributed by atoms with E-state index in [1.54, 1.807) is 0 Å². The van der Waals surface area contributed by atoms with Crippen molar-refractivity contribution in [2.45, 2.75) is 52.2 Å². The SMILES string of the molecule is CCc1ccc(N)cc1B1OC(C)(C)C(C)(C)O1. The van der Waals surface area contributed by atoms with Gasteiger partial charge in [0.05, 0.1) is 11.2 Å². The lowest BCUT2D eigenvalue weighted by molar-refractivity contribution is 0.00578. The standard InChI is InChI=1S/C14H22BNO2/c1-6-10-7-8-11(16)9-12(10)15-17-13(2,3)14(4,5)18-15/h7-9H,6,16H2,1-5H3. The first-order chi connectivity index (χ1) is 8.27. The van der Waals surface area contributed by atoms with Crippen molar-refractivity contribution in [3.8, 4) is 0 Å². The third-order valence-electron chi connectivity index (χ3n) is 4.06. The number of hydrogen-bond acceptors (Lipinski definition) is 3. The number of benzene rings is 1. The van der Waals surface area contributed by atoms with Gasteiger partial charge in [0, 0.05) is 5.69 Å². The van der Waals surface area contributed by atoms with Crippen LogP contribution in [-0.2, 0) is 15.7 Å². The van der Waals surface area contributed by atoms with Crippen LogP contribution >= 0.6 is 0 Å². The van der Waals surface area contributed by atoms with Crippen LogP contribution in [-0.4, -0.2) is 18.3 Å². The van der Waals surface area contributed by atoms with Crippen molar-refractivity contribution in [1.29, 1.82) is 0 Å². The summed E-state index contributed by atoms with van der Waals surface area (Å²) in [6.07, 6.45) is 0.944. The van der Waals surface area contributed by atoms with Gasteiger partial charge in [0.1, 0.15) is 0 Å². The molecule has 1 aliphatic rings. The van der Waals surface area contributed by atoms with E-state index in [2.05, 4.69) is 40.7 Å². The van der Waals surface area contributed by atoms with Gasteiger partial charge in [-0.15, -0.1) is 0 Å². The van der Waals surface area contributed by atoms with Gasteiger partial charge in [-0.2, -0.15) is 0 Å². The molecular formula is C14H22BNO2. The van der Waals surface area contributed by atoms with E-state index in [1.807, 2.05) is 12.1 Å². The van der Waals surface area contributed by atoms with Gasteiger partial charge in [-0.3, -0.25) is 0 Å². The van der Waals surface area contributed by atoms with Crippen LogP contribution in [0.2, 0.25) is 0 Å². The van der Waals surface area contributed by atoms with Crippen LogP contribution in [0.5, 0.6) is 0 Å². The number of nitrogens with two attached hydrogens (primary N) is 1. The summed E-state index contributed by atoms with van der Waals surface area (Å²) in [5.41, 5.74) is 8.27. The van der Waals surface area contributed by atoms with Crippen LogP contribution in [0.4, 0.5) is 5.69 Å². The molecular weight excluding hydrogens is 225 g/mol. The molecule has 0 amide bonds. The molecule has 1 aliphatic heterocycles. The second-order valence-corrected chi connectivity index (χ2v) is 5.90. The van der Waals surface area contributed by atoms with Gasteiger partial charge >= 0.3 is 7.12 Å². The topological polar surface area (TPSA) is 44.5 Å². The zero-order valence-corrected chi connectivity index (χ0v) is 11.9. The van der Waals surface area contributed by atoms with Crippen molar-refractivity contribution in [2.75, 3.05) is 5.73 Å². The second kappa shape index (κ2) is 4.28. The molecule has 3 nitrogen and oxygen atoms in total. The zero-order valence-electron chi connectivity index (χ0n) is 11.9. The lowest BCUT2D eigenvalue weighted by Gasteiger charge is -2.32. The third-order valence-corrected chi connectivity index (χ3v) is 4.06. The average Bonchev–Trinajstić information content (AvgIpc) is 2.48. The molecule has 0 aromatic heterocycles. The quantitative estimate of drug-likeness (QED) is 0.643. The van der Waals surface area contributed by atoms with Gasteiger partial charge < -0.3 is 15.0 Å². The van der Waals surface area contributed by atoms with Crippen molar-refractivity contribution in [3.05, 3.63) is 23.8 Å². The fourth-order valence-corrected chi connectivity index (χ4v) is 2.12. The molecule has 1 fully saturated rings. The number of rotatable bonds is 2. The number of hydrogen-bond donors (Lipinski definition) is 1. The highest BCUT2D eigenvalue weighted by Crippen LogP contribution is 2.36. The lowest BCUT2D eigenvalue weighted by Crippen LogP contribution is -2.41. The predicted molar refractivity (Wildman–Crippen MR) is 75.9 cm³/mol. The molecule has 0 unspecified atom stereocenters. The van der Waals surface area contributed by atoms with Crippen LogP contribution in [0.15, 0.2) is 18.2 Å². The molecule has 18 heavy (non-hydrogen) atoms. The van der Waals surface area contributed by atoms with Crippen molar-refractivity contribution >= 4 is 18.3 Å². The monoisotopic (exact) mass is 247 g/mol. The summed E-state index contributed by atoms with van der Waals surface area (Å²) in [4.78, 5) is 0. The molecule has 0 spiro atoms. The first-order valence-electron chi connectivity index (χ1n) is 6.51. The van der Waals surface area contributed by atoms with E-state index in [0.717, 1.165) is 17.6 Å². The molecule has 0 aliphatic carbocycles. The second-order valence-electron chi connectivity index (χ2n) is 5.90. The summed E-state index contributed by atoms with van der Waals surface area (Å²) in [6, 6.07) is 5.93. The van der Waals surface area contributed by atoms with Gasteiger partial charge in [-0.1, -0.05) is 13.0 Å². The molecule has 4 heteroatoms. The Bertz CT molecular complexity index is 441. The highest BCUT2D eigenvalue weighted by molar-refractivity contribution is 6.62. The summed E-state index contributed by atoms with van der Waals surface area (Å²) >= 11 is 0. The smallest absolute Gasteiger partial charge is 0.399 e. The molecule has 1 aromatic carbocycles. The molecule has 1 saturated heterocycles. The van der Waals surface area contributed by atoms with E-state index >= 15 is 0 Å². The highest BCUT2D eigenvalue weighted by atomic mass is 16.7.